The number of aryl methyl sites for hydroxylation is 1. The molecule has 10 nitrogen and oxygen atoms in total. The number of carboxylic acid groups (broad SMARTS) is 1. The van der Waals surface area contributed by atoms with Crippen LogP contribution < -0.4 is 9.47 Å². The van der Waals surface area contributed by atoms with Crippen LogP contribution >= 0.6 is 0 Å². The summed E-state index contributed by atoms with van der Waals surface area (Å²) in [4.78, 5) is 19.3. The van der Waals surface area contributed by atoms with E-state index < -0.39 is 39.6 Å². The summed E-state index contributed by atoms with van der Waals surface area (Å²) in [5, 5.41) is 8.77. The summed E-state index contributed by atoms with van der Waals surface area (Å²) in [6.07, 6.45) is -3.61. The molecule has 1 unspecified atom stereocenters. The molecular weight excluding hydrogens is 610 g/mol. The third-order valence-electron chi connectivity index (χ3n) is 6.01. The van der Waals surface area contributed by atoms with E-state index in [4.69, 9.17) is 14.6 Å². The second-order valence-electron chi connectivity index (χ2n) is 8.79. The van der Waals surface area contributed by atoms with Gasteiger partial charge < -0.3 is 14.6 Å². The number of methoxy groups -OCH3 is 1. The number of alkyl halides is 3. The van der Waals surface area contributed by atoms with E-state index in [0.29, 0.717) is 11.3 Å². The number of para-hydroxylation sites is 2. The molecule has 4 aromatic rings. The fraction of sp³-hybridized carbons (Fsp3) is 0.269. The Balaban J connectivity index is 0.00000484. The molecule has 1 radical (unpaired) electrons. The number of nitrogens with zero attached hydrogens (tertiary/aromatic N) is 3. The van der Waals surface area contributed by atoms with E-state index in [2.05, 4.69) is 9.97 Å². The number of carboxylic acids is 1. The van der Waals surface area contributed by atoms with Gasteiger partial charge in [0.2, 0.25) is 5.16 Å². The Morgan fingerprint density at radius 3 is 2.50 bits per heavy atom. The summed E-state index contributed by atoms with van der Waals surface area (Å²) in [5.74, 6) is -1.23. The molecule has 219 valence electrons. The van der Waals surface area contributed by atoms with E-state index in [1.165, 1.54) is 50.6 Å². The van der Waals surface area contributed by atoms with Crippen molar-refractivity contribution in [3.8, 4) is 11.5 Å². The maximum absolute atomic E-state index is 14.0. The van der Waals surface area contributed by atoms with E-state index >= 15 is 0 Å². The first kappa shape index (κ1) is 33.5. The SMILES string of the molecule is COc1ccc(S(=O)(=O)n2c(S(=O)Cc3nccc(OCC(F)(F)F)c3C)nc3ccccc32)cc1CCC(=O)O.[Na]. The van der Waals surface area contributed by atoms with Crippen molar-refractivity contribution in [3.63, 3.8) is 0 Å². The largest absolute Gasteiger partial charge is 0.496 e. The fourth-order valence-electron chi connectivity index (χ4n) is 4.02. The van der Waals surface area contributed by atoms with Crippen LogP contribution in [0.2, 0.25) is 0 Å². The molecule has 0 aliphatic carbocycles. The van der Waals surface area contributed by atoms with Gasteiger partial charge in [0.15, 0.2) is 6.61 Å². The van der Waals surface area contributed by atoms with Crippen LogP contribution in [0.25, 0.3) is 11.0 Å². The van der Waals surface area contributed by atoms with Gasteiger partial charge in [-0.25, -0.2) is 17.4 Å². The molecule has 0 bridgehead atoms. The summed E-state index contributed by atoms with van der Waals surface area (Å²) < 4.78 is 90.5. The Morgan fingerprint density at radius 1 is 1.12 bits per heavy atom. The van der Waals surface area contributed by atoms with Crippen LogP contribution in [-0.4, -0.2) is 87.1 Å². The van der Waals surface area contributed by atoms with Gasteiger partial charge in [-0.15, -0.1) is 0 Å². The minimum atomic E-state index is -4.56. The maximum Gasteiger partial charge on any atom is 0.422 e. The number of aromatic nitrogens is 3. The van der Waals surface area contributed by atoms with E-state index in [1.807, 2.05) is 0 Å². The first-order chi connectivity index (χ1) is 19.3. The van der Waals surface area contributed by atoms with Crippen LogP contribution in [-0.2, 0) is 37.8 Å². The van der Waals surface area contributed by atoms with E-state index in [0.717, 1.165) is 3.97 Å². The van der Waals surface area contributed by atoms with Crippen molar-refractivity contribution in [2.24, 2.45) is 0 Å². The average molecular weight is 635 g/mol. The summed E-state index contributed by atoms with van der Waals surface area (Å²) in [6, 6.07) is 11.5. The van der Waals surface area contributed by atoms with Crippen molar-refractivity contribution in [2.45, 2.75) is 41.7 Å². The zero-order valence-corrected chi connectivity index (χ0v) is 26.3. The van der Waals surface area contributed by atoms with Crippen LogP contribution in [0.1, 0.15) is 23.2 Å². The quantitative estimate of drug-likeness (QED) is 0.244. The first-order valence-corrected chi connectivity index (χ1v) is 14.7. The van der Waals surface area contributed by atoms with Crippen LogP contribution in [0.5, 0.6) is 11.5 Å². The Morgan fingerprint density at radius 2 is 1.83 bits per heavy atom. The summed E-state index contributed by atoms with van der Waals surface area (Å²) in [5.41, 5.74) is 1.09. The van der Waals surface area contributed by atoms with E-state index in [9.17, 15) is 30.6 Å². The van der Waals surface area contributed by atoms with Gasteiger partial charge >= 0.3 is 12.1 Å². The van der Waals surface area contributed by atoms with Gasteiger partial charge in [0, 0.05) is 47.7 Å². The molecule has 2 aromatic carbocycles. The number of hydrogen-bond acceptors (Lipinski definition) is 8. The Labute approximate surface area is 263 Å². The minimum Gasteiger partial charge on any atom is -0.496 e. The topological polar surface area (TPSA) is 138 Å². The van der Waals surface area contributed by atoms with Crippen molar-refractivity contribution in [1.29, 1.82) is 0 Å². The Bertz CT molecular complexity index is 1740. The third-order valence-corrected chi connectivity index (χ3v) is 9.04. The van der Waals surface area contributed by atoms with Crippen LogP contribution in [0, 0.1) is 6.92 Å². The van der Waals surface area contributed by atoms with Crippen LogP contribution in [0.4, 0.5) is 13.2 Å². The molecule has 16 heteroatoms. The summed E-state index contributed by atoms with van der Waals surface area (Å²) >= 11 is 0. The molecular formula is C26H24F3N3NaO7S2. The molecule has 4 rings (SSSR count). The second-order valence-corrected chi connectivity index (χ2v) is 11.9. The molecule has 0 aliphatic heterocycles. The van der Waals surface area contributed by atoms with E-state index in [1.54, 1.807) is 18.2 Å². The average Bonchev–Trinajstić information content (AvgIpc) is 3.32. The van der Waals surface area contributed by atoms with Crippen molar-refractivity contribution in [3.05, 3.63) is 71.5 Å². The number of aliphatic carboxylic acids is 1. The van der Waals surface area contributed by atoms with Gasteiger partial charge in [-0.05, 0) is 55.3 Å². The normalized spacial score (nSPS) is 12.5. The number of pyridine rings is 1. The van der Waals surface area contributed by atoms with Crippen molar-refractivity contribution in [2.75, 3.05) is 13.7 Å². The standard InChI is InChI=1S/C26H24F3N3O7S2.Na/c1-16-20(30-12-11-22(16)39-15-26(27,28)29)14-40(35)25-31-19-5-3-4-6-21(19)32(25)41(36,37)18-8-9-23(38-2)17(13-18)7-10-24(33)34;/h3-6,8-9,11-13H,7,10,14-15H2,1-2H3,(H,33,34);. The Kier molecular flexibility index (Phi) is 10.8. The van der Waals surface area contributed by atoms with Crippen molar-refractivity contribution < 1.29 is 45.2 Å². The van der Waals surface area contributed by atoms with Gasteiger partial charge in [-0.1, -0.05) is 12.1 Å². The number of rotatable bonds is 11. The number of imidazole rings is 1. The van der Waals surface area contributed by atoms with Gasteiger partial charge in [-0.3, -0.25) is 14.0 Å². The monoisotopic (exact) mass is 634 g/mol. The van der Waals surface area contributed by atoms with Crippen molar-refractivity contribution >= 4 is 67.4 Å². The maximum atomic E-state index is 14.0. The minimum absolute atomic E-state index is 0. The van der Waals surface area contributed by atoms with Gasteiger partial charge in [0.05, 0.1) is 45.3 Å². The molecule has 1 atom stereocenters. The number of ether oxygens (including phenoxy) is 2. The zero-order chi connectivity index (χ0) is 29.9. The predicted molar refractivity (Wildman–Crippen MR) is 148 cm³/mol. The molecule has 2 heterocycles. The zero-order valence-electron chi connectivity index (χ0n) is 22.7. The molecule has 0 saturated carbocycles. The van der Waals surface area contributed by atoms with Gasteiger partial charge in [0.1, 0.15) is 11.5 Å². The molecule has 0 amide bonds. The number of benzene rings is 2. The second kappa shape index (κ2) is 13.5. The van der Waals surface area contributed by atoms with Gasteiger partial charge in [-0.2, -0.15) is 13.2 Å². The summed E-state index contributed by atoms with van der Waals surface area (Å²) in [6.45, 7) is -0.0638. The smallest absolute Gasteiger partial charge is 0.422 e. The van der Waals surface area contributed by atoms with Crippen LogP contribution in [0.3, 0.4) is 0 Å². The Hall–Kier alpha value is -2.98. The molecule has 1 N–H and O–H groups in total. The molecule has 0 fully saturated rings. The number of hydrogen-bond donors (Lipinski definition) is 1. The summed E-state index contributed by atoms with van der Waals surface area (Å²) in [7, 11) is -5.19. The molecule has 0 spiro atoms. The molecule has 42 heavy (non-hydrogen) atoms. The molecule has 0 aliphatic rings. The number of fused-ring (bicyclic) bond motifs is 1. The number of carbonyl (C=O) groups is 1. The number of halogens is 3. The predicted octanol–water partition coefficient (Wildman–Crippen LogP) is 3.87. The van der Waals surface area contributed by atoms with E-state index in [-0.39, 0.29) is 86.2 Å². The van der Waals surface area contributed by atoms with Crippen molar-refractivity contribution in [1.82, 2.24) is 13.9 Å². The third kappa shape index (κ3) is 7.50. The molecule has 2 aromatic heterocycles. The van der Waals surface area contributed by atoms with Crippen LogP contribution in [0.15, 0.2) is 64.8 Å². The first-order valence-electron chi connectivity index (χ1n) is 12.0. The van der Waals surface area contributed by atoms with Gasteiger partial charge in [0.25, 0.3) is 10.0 Å². The molecule has 0 saturated heterocycles. The fourth-order valence-corrected chi connectivity index (χ4v) is 7.12.